The number of benzene rings is 3. The number of Topliss-reactive ketones (excluding diaryl/α,β-unsaturated/α-hetero) is 1. The Morgan fingerprint density at radius 2 is 1.59 bits per heavy atom. The molecular formula is C41H46N4O6. The van der Waals surface area contributed by atoms with Gasteiger partial charge in [-0.2, -0.15) is 0 Å². The minimum atomic E-state index is -0.509. The smallest absolute Gasteiger partial charge is 0.229 e. The predicted octanol–water partition coefficient (Wildman–Crippen LogP) is 6.65. The van der Waals surface area contributed by atoms with Gasteiger partial charge < -0.3 is 33.0 Å². The van der Waals surface area contributed by atoms with Crippen molar-refractivity contribution in [1.29, 1.82) is 0 Å². The minimum Gasteiger partial charge on any atom is -0.493 e. The molecule has 7 rings (SSSR count). The summed E-state index contributed by atoms with van der Waals surface area (Å²) in [6.45, 7) is 4.01. The number of carbonyl (C=O) groups is 2. The van der Waals surface area contributed by atoms with Crippen molar-refractivity contribution in [2.45, 2.75) is 45.2 Å². The number of nitrogens with zero attached hydrogens (tertiary/aromatic N) is 4. The highest BCUT2D eigenvalue weighted by Crippen LogP contribution is 2.42. The molecule has 2 aliphatic rings. The maximum absolute atomic E-state index is 14.4. The first-order chi connectivity index (χ1) is 24.9. The average Bonchev–Trinajstić information content (AvgIpc) is 3.90. The number of ether oxygens (including phenoxy) is 3. The Labute approximate surface area is 298 Å². The highest BCUT2D eigenvalue weighted by Gasteiger charge is 2.46. The van der Waals surface area contributed by atoms with Crippen molar-refractivity contribution in [3.8, 4) is 17.2 Å². The largest absolute Gasteiger partial charge is 0.493 e. The number of aromatic nitrogens is 2. The fraction of sp³-hybridized carbons (Fsp3) is 0.390. The third kappa shape index (κ3) is 7.10. The molecule has 4 heterocycles. The molecule has 0 spiro atoms. The van der Waals surface area contributed by atoms with Crippen molar-refractivity contribution >= 4 is 22.7 Å². The van der Waals surface area contributed by atoms with Crippen LogP contribution in [0.5, 0.6) is 17.2 Å². The molecule has 2 aromatic heterocycles. The second-order valence-corrected chi connectivity index (χ2v) is 13.8. The van der Waals surface area contributed by atoms with E-state index in [9.17, 15) is 9.59 Å². The molecule has 1 amide bonds. The van der Waals surface area contributed by atoms with Crippen LogP contribution < -0.4 is 14.2 Å². The van der Waals surface area contributed by atoms with Crippen LogP contribution in [0.4, 0.5) is 0 Å². The first-order valence-corrected chi connectivity index (χ1v) is 17.8. The predicted molar refractivity (Wildman–Crippen MR) is 194 cm³/mol. The van der Waals surface area contributed by atoms with E-state index in [1.807, 2.05) is 76.2 Å². The monoisotopic (exact) mass is 690 g/mol. The number of hydrogen-bond acceptors (Lipinski definition) is 8. The summed E-state index contributed by atoms with van der Waals surface area (Å²) in [5.74, 6) is 3.14. The number of likely N-dealkylation sites (tertiary alicyclic amines) is 2. The zero-order chi connectivity index (χ0) is 35.4. The minimum absolute atomic E-state index is 0.0892. The van der Waals surface area contributed by atoms with E-state index in [1.54, 1.807) is 27.6 Å². The Balaban J connectivity index is 1.03. The Morgan fingerprint density at radius 3 is 2.27 bits per heavy atom. The Hall–Kier alpha value is -5.09. The van der Waals surface area contributed by atoms with Gasteiger partial charge >= 0.3 is 0 Å². The molecule has 0 saturated carbocycles. The summed E-state index contributed by atoms with van der Waals surface area (Å²) in [6.07, 6.45) is 5.41. The van der Waals surface area contributed by atoms with E-state index in [1.165, 1.54) is 5.56 Å². The molecule has 3 aromatic carbocycles. The van der Waals surface area contributed by atoms with Crippen molar-refractivity contribution in [3.63, 3.8) is 0 Å². The van der Waals surface area contributed by atoms with Crippen molar-refractivity contribution < 1.29 is 28.2 Å². The van der Waals surface area contributed by atoms with Gasteiger partial charge in [-0.3, -0.25) is 9.59 Å². The number of ketones is 1. The molecule has 2 saturated heterocycles. The second-order valence-electron chi connectivity index (χ2n) is 13.8. The van der Waals surface area contributed by atoms with E-state index in [-0.39, 0.29) is 17.6 Å². The quantitative estimate of drug-likeness (QED) is 0.120. The number of fused-ring (bicyclic) bond motifs is 1. The fourth-order valence-electron chi connectivity index (χ4n) is 7.92. The van der Waals surface area contributed by atoms with Crippen LogP contribution >= 0.6 is 0 Å². The Kier molecular flexibility index (Phi) is 10.1. The summed E-state index contributed by atoms with van der Waals surface area (Å²) in [6, 6.07) is 25.8. The van der Waals surface area contributed by atoms with Gasteiger partial charge in [0.25, 0.3) is 0 Å². The van der Waals surface area contributed by atoms with Gasteiger partial charge in [0.2, 0.25) is 17.4 Å². The van der Waals surface area contributed by atoms with Crippen LogP contribution in [0.1, 0.15) is 53.2 Å². The SMILES string of the molecule is COc1cc(CN2CCC(CCN3CCC(C(=O)c4nc5ccccc5n4Cc4ccco4)CC3)(Cc3ccccc3)C2=O)cc(OC)c1OC. The zero-order valence-corrected chi connectivity index (χ0v) is 29.7. The first kappa shape index (κ1) is 34.4. The molecule has 1 unspecified atom stereocenters. The van der Waals surface area contributed by atoms with Crippen molar-refractivity contribution in [2.24, 2.45) is 11.3 Å². The van der Waals surface area contributed by atoms with Crippen LogP contribution in [0.3, 0.4) is 0 Å². The Morgan fingerprint density at radius 1 is 0.863 bits per heavy atom. The molecule has 51 heavy (non-hydrogen) atoms. The third-order valence-corrected chi connectivity index (χ3v) is 10.7. The molecule has 0 N–H and O–H groups in total. The van der Waals surface area contributed by atoms with E-state index >= 15 is 0 Å². The third-order valence-electron chi connectivity index (χ3n) is 10.7. The van der Waals surface area contributed by atoms with Gasteiger partial charge in [0, 0.05) is 19.0 Å². The lowest BCUT2D eigenvalue weighted by atomic mass is 9.77. The van der Waals surface area contributed by atoms with E-state index in [2.05, 4.69) is 17.0 Å². The molecule has 0 radical (unpaired) electrons. The van der Waals surface area contributed by atoms with Crippen molar-refractivity contribution in [1.82, 2.24) is 19.4 Å². The highest BCUT2D eigenvalue weighted by molar-refractivity contribution is 5.98. The number of hydrogen-bond donors (Lipinski definition) is 0. The molecule has 5 aromatic rings. The fourth-order valence-corrected chi connectivity index (χ4v) is 7.92. The summed E-state index contributed by atoms with van der Waals surface area (Å²) < 4.78 is 24.3. The molecule has 0 bridgehead atoms. The van der Waals surface area contributed by atoms with Crippen LogP contribution in [-0.2, 0) is 24.3 Å². The summed E-state index contributed by atoms with van der Waals surface area (Å²) >= 11 is 0. The maximum atomic E-state index is 14.4. The van der Waals surface area contributed by atoms with Crippen LogP contribution in [-0.4, -0.2) is 78.5 Å². The molecule has 2 fully saturated rings. The first-order valence-electron chi connectivity index (χ1n) is 17.8. The number of piperidine rings is 1. The van der Waals surface area contributed by atoms with Gasteiger partial charge in [-0.1, -0.05) is 42.5 Å². The lowest BCUT2D eigenvalue weighted by Gasteiger charge is -2.35. The van der Waals surface area contributed by atoms with Crippen LogP contribution in [0.2, 0.25) is 0 Å². The molecule has 0 aliphatic carbocycles. The molecule has 2 aliphatic heterocycles. The maximum Gasteiger partial charge on any atom is 0.229 e. The molecule has 1 atom stereocenters. The topological polar surface area (TPSA) is 99.3 Å². The van der Waals surface area contributed by atoms with Crippen molar-refractivity contribution in [2.75, 3.05) is 47.5 Å². The lowest BCUT2D eigenvalue weighted by molar-refractivity contribution is -0.137. The van der Waals surface area contributed by atoms with Gasteiger partial charge in [-0.15, -0.1) is 0 Å². The summed E-state index contributed by atoms with van der Waals surface area (Å²) in [5.41, 5.74) is 3.33. The molecule has 10 nitrogen and oxygen atoms in total. The Bertz CT molecular complexity index is 1940. The standard InChI is InChI=1S/C41H46N4O6/c1-48-35-24-30(25-36(49-2)38(35)50-3)27-44-22-18-41(40(44)47,26-29-10-5-4-6-11-29)17-21-43-19-15-31(16-20-43)37(46)39-42-33-13-7-8-14-34(33)45(39)28-32-12-9-23-51-32/h4-14,23-25,31H,15-22,26-28H2,1-3H3. The number of amides is 1. The molecular weight excluding hydrogens is 644 g/mol. The van der Waals surface area contributed by atoms with Gasteiger partial charge in [0.15, 0.2) is 17.3 Å². The van der Waals surface area contributed by atoms with E-state index in [0.717, 1.165) is 67.7 Å². The van der Waals surface area contributed by atoms with Crippen LogP contribution in [0.15, 0.2) is 89.5 Å². The molecule has 10 heteroatoms. The van der Waals surface area contributed by atoms with Gasteiger partial charge in [0.05, 0.1) is 50.6 Å². The number of furan rings is 1. The van der Waals surface area contributed by atoms with Crippen LogP contribution in [0.25, 0.3) is 11.0 Å². The van der Waals surface area contributed by atoms with E-state index in [4.69, 9.17) is 23.6 Å². The summed E-state index contributed by atoms with van der Waals surface area (Å²) in [7, 11) is 4.79. The number of imidazole rings is 1. The normalized spacial score (nSPS) is 18.4. The zero-order valence-electron chi connectivity index (χ0n) is 29.7. The lowest BCUT2D eigenvalue weighted by Crippen LogP contribution is -2.42. The van der Waals surface area contributed by atoms with E-state index in [0.29, 0.717) is 49.1 Å². The average molecular weight is 691 g/mol. The van der Waals surface area contributed by atoms with Crippen LogP contribution in [0, 0.1) is 11.3 Å². The highest BCUT2D eigenvalue weighted by atomic mass is 16.5. The number of rotatable bonds is 14. The van der Waals surface area contributed by atoms with Crippen molar-refractivity contribution in [3.05, 3.63) is 108 Å². The van der Waals surface area contributed by atoms with Gasteiger partial charge in [0.1, 0.15) is 5.76 Å². The number of para-hydroxylation sites is 2. The molecule has 266 valence electrons. The van der Waals surface area contributed by atoms with Gasteiger partial charge in [-0.05, 0) is 99.3 Å². The van der Waals surface area contributed by atoms with Gasteiger partial charge in [-0.25, -0.2) is 4.98 Å². The second kappa shape index (κ2) is 15.0. The number of methoxy groups -OCH3 is 3. The summed E-state index contributed by atoms with van der Waals surface area (Å²) in [5, 5.41) is 0. The number of carbonyl (C=O) groups excluding carboxylic acids is 2. The van der Waals surface area contributed by atoms with E-state index < -0.39 is 5.41 Å². The summed E-state index contributed by atoms with van der Waals surface area (Å²) in [4.78, 5) is 37.6.